The molecule has 1 atom stereocenters. The molecule has 0 aliphatic rings. The predicted molar refractivity (Wildman–Crippen MR) is 83.7 cm³/mol. The predicted octanol–water partition coefficient (Wildman–Crippen LogP) is 2.54. The fourth-order valence-corrected chi connectivity index (χ4v) is 2.16. The average molecular weight is 314 g/mol. The van der Waals surface area contributed by atoms with Crippen molar-refractivity contribution in [2.24, 2.45) is 0 Å². The Morgan fingerprint density at radius 1 is 0.913 bits per heavy atom. The van der Waals surface area contributed by atoms with Gasteiger partial charge in [-0.05, 0) is 17.5 Å². The van der Waals surface area contributed by atoms with Gasteiger partial charge in [-0.2, -0.15) is 0 Å². The fraction of sp³-hybridized carbons (Fsp3) is 0.222. The summed E-state index contributed by atoms with van der Waals surface area (Å²) < 4.78 is 5.43. The van der Waals surface area contributed by atoms with Crippen molar-refractivity contribution in [1.82, 2.24) is 0 Å². The number of hydrogen-bond donors (Lipinski definition) is 2. The lowest BCUT2D eigenvalue weighted by molar-refractivity contribution is -0.158. The summed E-state index contributed by atoms with van der Waals surface area (Å²) in [6.07, 6.45) is -2.58. The second-order valence-electron chi connectivity index (χ2n) is 5.09. The number of hydrogen-bond acceptors (Lipinski definition) is 4. The maximum Gasteiger partial charge on any atom is 0.335 e. The molecule has 2 rings (SSSR count). The Labute approximate surface area is 134 Å². The number of ether oxygens (including phenoxy) is 1. The monoisotopic (exact) mass is 314 g/mol. The summed E-state index contributed by atoms with van der Waals surface area (Å²) in [4.78, 5) is 22.6. The highest BCUT2D eigenvalue weighted by Crippen LogP contribution is 2.26. The number of carbonyl (C=O) groups excluding carboxylic acids is 1. The Kier molecular flexibility index (Phi) is 5.88. The molecule has 0 amide bonds. The van der Waals surface area contributed by atoms with E-state index in [0.29, 0.717) is 0 Å². The maximum atomic E-state index is 12.0. The van der Waals surface area contributed by atoms with E-state index in [2.05, 4.69) is 0 Å². The van der Waals surface area contributed by atoms with Gasteiger partial charge >= 0.3 is 11.9 Å². The topological polar surface area (TPSA) is 83.8 Å². The van der Waals surface area contributed by atoms with E-state index in [1.54, 1.807) is 0 Å². The molecule has 0 saturated carbocycles. The summed E-state index contributed by atoms with van der Waals surface area (Å²) >= 11 is 0. The molecule has 0 fully saturated rings. The fourth-order valence-electron chi connectivity index (χ4n) is 2.16. The first-order chi connectivity index (χ1) is 11.1. The summed E-state index contributed by atoms with van der Waals surface area (Å²) in [7, 11) is 0. The lowest BCUT2D eigenvalue weighted by Crippen LogP contribution is -2.26. The van der Waals surface area contributed by atoms with Crippen molar-refractivity contribution in [2.45, 2.75) is 25.0 Å². The van der Waals surface area contributed by atoms with Crippen LogP contribution in [0.3, 0.4) is 0 Å². The Morgan fingerprint density at radius 3 is 1.83 bits per heavy atom. The zero-order chi connectivity index (χ0) is 16.7. The summed E-state index contributed by atoms with van der Waals surface area (Å²) in [5, 5.41) is 18.4. The van der Waals surface area contributed by atoms with Crippen molar-refractivity contribution in [3.63, 3.8) is 0 Å². The zero-order valence-corrected chi connectivity index (χ0v) is 12.5. The van der Waals surface area contributed by atoms with Gasteiger partial charge in [0.2, 0.25) is 0 Å². The van der Waals surface area contributed by atoms with Gasteiger partial charge in [0.25, 0.3) is 0 Å². The van der Waals surface area contributed by atoms with Crippen molar-refractivity contribution < 1.29 is 24.5 Å². The number of carboxylic acids is 1. The summed E-state index contributed by atoms with van der Waals surface area (Å²) in [5.74, 6) is -1.90. The van der Waals surface area contributed by atoms with Crippen molar-refractivity contribution in [2.75, 3.05) is 0 Å². The minimum atomic E-state index is -1.46. The highest BCUT2D eigenvalue weighted by Gasteiger charge is 2.24. The molecule has 120 valence electrons. The van der Waals surface area contributed by atoms with Crippen LogP contribution in [0.25, 0.3) is 0 Å². The lowest BCUT2D eigenvalue weighted by atomic mass is 10.0. The molecule has 0 heterocycles. The van der Waals surface area contributed by atoms with E-state index in [-0.39, 0.29) is 12.8 Å². The summed E-state index contributed by atoms with van der Waals surface area (Å²) in [5.41, 5.74) is 1.55. The van der Waals surface area contributed by atoms with E-state index in [0.717, 1.165) is 11.1 Å². The van der Waals surface area contributed by atoms with Gasteiger partial charge in [0.15, 0.2) is 12.2 Å². The van der Waals surface area contributed by atoms with E-state index in [1.165, 1.54) is 0 Å². The van der Waals surface area contributed by atoms with Crippen LogP contribution in [0.15, 0.2) is 60.7 Å². The SMILES string of the molecule is O=C(O)CCC(O)C(=O)OC(c1ccccc1)c1ccccc1. The second kappa shape index (κ2) is 8.10. The Morgan fingerprint density at radius 2 is 1.39 bits per heavy atom. The highest BCUT2D eigenvalue weighted by molar-refractivity contribution is 5.76. The van der Waals surface area contributed by atoms with Gasteiger partial charge in [-0.25, -0.2) is 4.79 Å². The molecule has 0 bridgehead atoms. The molecule has 5 heteroatoms. The van der Waals surface area contributed by atoms with Crippen LogP contribution in [0.2, 0.25) is 0 Å². The van der Waals surface area contributed by atoms with Crippen LogP contribution in [-0.2, 0) is 14.3 Å². The number of benzene rings is 2. The Bertz CT molecular complexity index is 599. The second-order valence-corrected chi connectivity index (χ2v) is 5.09. The van der Waals surface area contributed by atoms with Crippen LogP contribution >= 0.6 is 0 Å². The van der Waals surface area contributed by atoms with Gasteiger partial charge in [0.1, 0.15) is 0 Å². The number of aliphatic carboxylic acids is 1. The van der Waals surface area contributed by atoms with Crippen LogP contribution in [0.1, 0.15) is 30.1 Å². The van der Waals surface area contributed by atoms with Gasteiger partial charge in [-0.3, -0.25) is 4.79 Å². The average Bonchev–Trinajstić information content (AvgIpc) is 2.58. The van der Waals surface area contributed by atoms with Crippen LogP contribution in [-0.4, -0.2) is 28.3 Å². The van der Waals surface area contributed by atoms with Crippen molar-refractivity contribution in [1.29, 1.82) is 0 Å². The minimum Gasteiger partial charge on any atom is -0.481 e. The van der Waals surface area contributed by atoms with Crippen molar-refractivity contribution >= 4 is 11.9 Å². The lowest BCUT2D eigenvalue weighted by Gasteiger charge is -2.20. The molecular weight excluding hydrogens is 296 g/mol. The largest absolute Gasteiger partial charge is 0.481 e. The van der Waals surface area contributed by atoms with Gasteiger partial charge in [-0.1, -0.05) is 60.7 Å². The molecule has 23 heavy (non-hydrogen) atoms. The molecule has 0 spiro atoms. The first-order valence-electron chi connectivity index (χ1n) is 7.28. The van der Waals surface area contributed by atoms with Crippen molar-refractivity contribution in [3.8, 4) is 0 Å². The number of esters is 1. The van der Waals surface area contributed by atoms with Gasteiger partial charge in [-0.15, -0.1) is 0 Å². The van der Waals surface area contributed by atoms with Crippen molar-refractivity contribution in [3.05, 3.63) is 71.8 Å². The van der Waals surface area contributed by atoms with Crippen LogP contribution < -0.4 is 0 Å². The first kappa shape index (κ1) is 16.7. The van der Waals surface area contributed by atoms with E-state index >= 15 is 0 Å². The van der Waals surface area contributed by atoms with Crippen LogP contribution in [0, 0.1) is 0 Å². The molecule has 0 aliphatic heterocycles. The minimum absolute atomic E-state index is 0.176. The molecule has 5 nitrogen and oxygen atoms in total. The molecule has 2 N–H and O–H groups in total. The van der Waals surface area contributed by atoms with Gasteiger partial charge < -0.3 is 14.9 Å². The normalized spacial score (nSPS) is 11.9. The standard InChI is InChI=1S/C18H18O5/c19-15(11-12-16(20)21)18(22)23-17(13-7-3-1-4-8-13)14-9-5-2-6-10-14/h1-10,15,17,19H,11-12H2,(H,20,21). The zero-order valence-electron chi connectivity index (χ0n) is 12.5. The smallest absolute Gasteiger partial charge is 0.335 e. The maximum absolute atomic E-state index is 12.0. The molecule has 0 aromatic heterocycles. The molecular formula is C18H18O5. The van der Waals surface area contributed by atoms with E-state index in [1.807, 2.05) is 60.7 Å². The quantitative estimate of drug-likeness (QED) is 0.767. The number of carboxylic acid groups (broad SMARTS) is 1. The summed E-state index contributed by atoms with van der Waals surface area (Å²) in [6, 6.07) is 18.4. The Balaban J connectivity index is 2.15. The number of aliphatic hydroxyl groups excluding tert-OH is 1. The van der Waals surface area contributed by atoms with E-state index in [4.69, 9.17) is 9.84 Å². The highest BCUT2D eigenvalue weighted by atomic mass is 16.6. The number of rotatable bonds is 7. The van der Waals surface area contributed by atoms with Crippen LogP contribution in [0.5, 0.6) is 0 Å². The van der Waals surface area contributed by atoms with E-state index < -0.39 is 24.1 Å². The summed E-state index contributed by atoms with van der Waals surface area (Å²) in [6.45, 7) is 0. The third kappa shape index (κ3) is 4.93. The Hall–Kier alpha value is -2.66. The molecule has 2 aromatic carbocycles. The van der Waals surface area contributed by atoms with E-state index in [9.17, 15) is 14.7 Å². The molecule has 2 aromatic rings. The molecule has 0 aliphatic carbocycles. The van der Waals surface area contributed by atoms with Gasteiger partial charge in [0, 0.05) is 6.42 Å². The third-order valence-electron chi connectivity index (χ3n) is 3.34. The molecule has 0 radical (unpaired) electrons. The van der Waals surface area contributed by atoms with Gasteiger partial charge in [0.05, 0.1) is 0 Å². The number of aliphatic hydroxyl groups is 1. The first-order valence-corrected chi connectivity index (χ1v) is 7.28. The van der Waals surface area contributed by atoms with Crippen LogP contribution in [0.4, 0.5) is 0 Å². The third-order valence-corrected chi connectivity index (χ3v) is 3.34. The molecule has 0 saturated heterocycles. The molecule has 1 unspecified atom stereocenters. The number of carbonyl (C=O) groups is 2.